The summed E-state index contributed by atoms with van der Waals surface area (Å²) in [5, 5.41) is 0. The van der Waals surface area contributed by atoms with E-state index in [0.29, 0.717) is 23.7 Å². The van der Waals surface area contributed by atoms with Crippen molar-refractivity contribution in [3.8, 4) is 11.1 Å². The van der Waals surface area contributed by atoms with Crippen LogP contribution in [-0.4, -0.2) is 0 Å². The summed E-state index contributed by atoms with van der Waals surface area (Å²) in [6.07, 6.45) is 50.9. The molecule has 4 unspecified atom stereocenters. The van der Waals surface area contributed by atoms with E-state index in [1.54, 1.807) is 11.1 Å². The molecule has 52 heavy (non-hydrogen) atoms. The van der Waals surface area contributed by atoms with Gasteiger partial charge in [0.1, 0.15) is 0 Å². The highest BCUT2D eigenvalue weighted by Gasteiger charge is 2.45. The van der Waals surface area contributed by atoms with Gasteiger partial charge in [0.25, 0.3) is 0 Å². The molecular formula is C52H42. The van der Waals surface area contributed by atoms with Gasteiger partial charge in [-0.05, 0) is 115 Å². The zero-order valence-corrected chi connectivity index (χ0v) is 29.6. The highest BCUT2D eigenvalue weighted by Crippen LogP contribution is 2.57. The van der Waals surface area contributed by atoms with Crippen LogP contribution >= 0.6 is 0 Å². The first-order chi connectivity index (χ1) is 25.7. The van der Waals surface area contributed by atoms with E-state index >= 15 is 0 Å². The van der Waals surface area contributed by atoms with Crippen molar-refractivity contribution < 1.29 is 0 Å². The van der Waals surface area contributed by atoms with E-state index in [9.17, 15) is 0 Å². The molecule has 10 aliphatic rings. The molecule has 0 nitrogen and oxygen atoms in total. The molecule has 1 saturated carbocycles. The number of rotatable bonds is 4. The lowest BCUT2D eigenvalue weighted by Gasteiger charge is -2.40. The van der Waals surface area contributed by atoms with Gasteiger partial charge in [-0.2, -0.15) is 0 Å². The van der Waals surface area contributed by atoms with Gasteiger partial charge in [-0.25, -0.2) is 0 Å². The molecular weight excluding hydrogens is 625 g/mol. The second-order valence-electron chi connectivity index (χ2n) is 16.7. The maximum absolute atomic E-state index is 2.63. The Morgan fingerprint density at radius 3 is 1.37 bits per heavy atom. The van der Waals surface area contributed by atoms with E-state index < -0.39 is 0 Å². The Kier molecular flexibility index (Phi) is 6.16. The fraction of sp³-hybridized carbons (Fsp3) is 0.231. The van der Waals surface area contributed by atoms with Gasteiger partial charge in [0.05, 0.1) is 0 Å². The van der Waals surface area contributed by atoms with Crippen molar-refractivity contribution in [2.24, 2.45) is 23.7 Å². The monoisotopic (exact) mass is 666 g/mol. The van der Waals surface area contributed by atoms with Crippen LogP contribution in [0.1, 0.15) is 54.4 Å². The summed E-state index contributed by atoms with van der Waals surface area (Å²) in [4.78, 5) is 0. The Morgan fingerprint density at radius 1 is 0.423 bits per heavy atom. The molecule has 12 rings (SSSR count). The minimum Gasteiger partial charge on any atom is -0.0617 e. The van der Waals surface area contributed by atoms with Gasteiger partial charge < -0.3 is 0 Å². The van der Waals surface area contributed by atoms with Crippen molar-refractivity contribution in [1.82, 2.24) is 0 Å². The molecule has 1 fully saturated rings. The van der Waals surface area contributed by atoms with Crippen LogP contribution in [0.3, 0.4) is 0 Å². The van der Waals surface area contributed by atoms with Crippen LogP contribution in [0.4, 0.5) is 0 Å². The van der Waals surface area contributed by atoms with E-state index in [2.05, 4.69) is 146 Å². The largest absolute Gasteiger partial charge is 0.0617 e. The third-order valence-electron chi connectivity index (χ3n) is 14.2. The van der Waals surface area contributed by atoms with Crippen molar-refractivity contribution in [3.63, 3.8) is 0 Å². The molecule has 0 aromatic heterocycles. The van der Waals surface area contributed by atoms with Crippen molar-refractivity contribution >= 4 is 0 Å². The van der Waals surface area contributed by atoms with Gasteiger partial charge in [0.15, 0.2) is 0 Å². The number of allylic oxidation sites excluding steroid dienone is 28. The van der Waals surface area contributed by atoms with Crippen LogP contribution in [0.25, 0.3) is 11.1 Å². The molecule has 2 aromatic carbocycles. The molecule has 10 aliphatic carbocycles. The second kappa shape index (κ2) is 10.9. The molecule has 0 heteroatoms. The Bertz CT molecular complexity index is 2310. The minimum absolute atomic E-state index is 0.130. The summed E-state index contributed by atoms with van der Waals surface area (Å²) in [5.74, 6) is 1.81. The molecule has 1 spiro atoms. The molecule has 0 N–H and O–H groups in total. The molecule has 0 aliphatic heterocycles. The summed E-state index contributed by atoms with van der Waals surface area (Å²) in [5.41, 5.74) is 24.0. The van der Waals surface area contributed by atoms with Gasteiger partial charge in [-0.3, -0.25) is 0 Å². The van der Waals surface area contributed by atoms with Gasteiger partial charge >= 0.3 is 0 Å². The van der Waals surface area contributed by atoms with E-state index in [-0.39, 0.29) is 5.41 Å². The zero-order valence-electron chi connectivity index (χ0n) is 29.6. The standard InChI is InChI=1S/C52H42/c1-2-26-52(27-3-1)46-30-32(28-40-18-16-38-14-12-34-6-4-8-36-20-24-42(40)50(38)48(34)36)10-22-44(46)45-23-11-33(31-47(45)52)29-41-19-17-39-15-13-35-7-5-9-37-21-25-43(41)51(39)49(35)37/h4-25,30-31,48-51H,1-3,26-29H2. The second-order valence-corrected chi connectivity index (χ2v) is 16.7. The Hall–Kier alpha value is -5.20. The predicted molar refractivity (Wildman–Crippen MR) is 215 cm³/mol. The van der Waals surface area contributed by atoms with Crippen LogP contribution in [-0.2, 0) is 18.3 Å². The van der Waals surface area contributed by atoms with Gasteiger partial charge in [-0.15, -0.1) is 0 Å². The average molecular weight is 667 g/mol. The fourth-order valence-corrected chi connectivity index (χ4v) is 11.8. The Labute approximate surface area is 307 Å². The highest BCUT2D eigenvalue weighted by atomic mass is 14.5. The number of fused-ring (bicyclic) bond motifs is 5. The van der Waals surface area contributed by atoms with Crippen LogP contribution in [0.2, 0.25) is 0 Å². The molecule has 0 bridgehead atoms. The van der Waals surface area contributed by atoms with Crippen molar-refractivity contribution in [2.45, 2.75) is 50.4 Å². The summed E-state index contributed by atoms with van der Waals surface area (Å²) in [6, 6.07) is 15.1. The van der Waals surface area contributed by atoms with Gasteiger partial charge in [0.2, 0.25) is 0 Å². The lowest BCUT2D eigenvalue weighted by Crippen LogP contribution is -2.29. The topological polar surface area (TPSA) is 0 Å². The van der Waals surface area contributed by atoms with Gasteiger partial charge in [0, 0.05) is 29.1 Å². The van der Waals surface area contributed by atoms with Crippen LogP contribution in [0, 0.1) is 23.7 Å². The van der Waals surface area contributed by atoms with E-state index in [1.165, 1.54) is 110 Å². The van der Waals surface area contributed by atoms with Crippen LogP contribution in [0.5, 0.6) is 0 Å². The zero-order chi connectivity index (χ0) is 34.0. The van der Waals surface area contributed by atoms with E-state index in [4.69, 9.17) is 0 Å². The van der Waals surface area contributed by atoms with Crippen LogP contribution < -0.4 is 0 Å². The predicted octanol–water partition coefficient (Wildman–Crippen LogP) is 12.1. The van der Waals surface area contributed by atoms with Crippen molar-refractivity contribution in [1.29, 1.82) is 0 Å². The molecule has 250 valence electrons. The van der Waals surface area contributed by atoms with Gasteiger partial charge in [-0.1, -0.05) is 165 Å². The first-order valence-electron chi connectivity index (χ1n) is 19.8. The third-order valence-corrected chi connectivity index (χ3v) is 14.2. The molecule has 0 saturated heterocycles. The number of hydrogen-bond donors (Lipinski definition) is 0. The molecule has 0 heterocycles. The summed E-state index contributed by atoms with van der Waals surface area (Å²) >= 11 is 0. The Morgan fingerprint density at radius 2 is 0.865 bits per heavy atom. The average Bonchev–Trinajstić information content (AvgIpc) is 3.44. The molecule has 0 amide bonds. The first-order valence-corrected chi connectivity index (χ1v) is 19.8. The van der Waals surface area contributed by atoms with Crippen LogP contribution in [0.15, 0.2) is 201 Å². The quantitative estimate of drug-likeness (QED) is 0.305. The SMILES string of the molecule is C1=CC2=CC=C3C=CC(Cc4ccc5c(c4)C4(CCCCC4)c4cc(CC6=C7C=CC8=CC=CC9=CC=C(C=C6)C7C89)ccc4-5)=C4C=CC(=C1)C2C34. The maximum Gasteiger partial charge on any atom is 0.0215 e. The fourth-order valence-electron chi connectivity index (χ4n) is 11.8. The highest BCUT2D eigenvalue weighted by molar-refractivity contribution is 5.82. The summed E-state index contributed by atoms with van der Waals surface area (Å²) in [6.45, 7) is 0. The first kappa shape index (κ1) is 29.4. The van der Waals surface area contributed by atoms with E-state index in [0.717, 1.165) is 12.8 Å². The lowest BCUT2D eigenvalue weighted by molar-refractivity contribution is 0.352. The summed E-state index contributed by atoms with van der Waals surface area (Å²) < 4.78 is 0. The summed E-state index contributed by atoms with van der Waals surface area (Å²) in [7, 11) is 0. The normalized spacial score (nSPS) is 28.4. The smallest absolute Gasteiger partial charge is 0.0215 e. The number of hydrogen-bond acceptors (Lipinski definition) is 0. The number of benzene rings is 2. The minimum atomic E-state index is 0.130. The van der Waals surface area contributed by atoms with E-state index in [1.807, 2.05) is 0 Å². The molecule has 4 atom stereocenters. The van der Waals surface area contributed by atoms with Crippen molar-refractivity contribution in [2.75, 3.05) is 0 Å². The van der Waals surface area contributed by atoms with Crippen molar-refractivity contribution in [3.05, 3.63) is 224 Å². The molecule has 0 radical (unpaired) electrons. The lowest BCUT2D eigenvalue weighted by atomic mass is 9.63. The molecule has 2 aromatic rings. The third kappa shape index (κ3) is 4.10. The maximum atomic E-state index is 2.63. The Balaban J connectivity index is 0.898.